The SMILES string of the molecule is CCOc1ccc(C=C2SC(=S)N(NC(=O)c3ccccc3)C2=O)cc1OC. The lowest BCUT2D eigenvalue weighted by Gasteiger charge is -2.15. The number of rotatable bonds is 6. The summed E-state index contributed by atoms with van der Waals surface area (Å²) in [6, 6.07) is 14.0. The first-order valence-electron chi connectivity index (χ1n) is 8.48. The van der Waals surface area contributed by atoms with Crippen LogP contribution in [0.3, 0.4) is 0 Å². The lowest BCUT2D eigenvalue weighted by Crippen LogP contribution is -2.44. The molecule has 0 saturated carbocycles. The zero-order valence-electron chi connectivity index (χ0n) is 15.3. The fourth-order valence-corrected chi connectivity index (χ4v) is 3.70. The van der Waals surface area contributed by atoms with E-state index < -0.39 is 5.91 Å². The molecular weight excluding hydrogens is 396 g/mol. The molecule has 2 aromatic rings. The van der Waals surface area contributed by atoms with Gasteiger partial charge in [-0.1, -0.05) is 36.0 Å². The van der Waals surface area contributed by atoms with E-state index in [0.29, 0.717) is 28.6 Å². The molecule has 28 heavy (non-hydrogen) atoms. The number of nitrogens with zero attached hydrogens (tertiary/aromatic N) is 1. The first-order valence-corrected chi connectivity index (χ1v) is 9.70. The number of methoxy groups -OCH3 is 1. The molecule has 1 heterocycles. The van der Waals surface area contributed by atoms with Crippen molar-refractivity contribution in [3.8, 4) is 11.5 Å². The van der Waals surface area contributed by atoms with Crippen molar-refractivity contribution < 1.29 is 19.1 Å². The highest BCUT2D eigenvalue weighted by molar-refractivity contribution is 8.26. The summed E-state index contributed by atoms with van der Waals surface area (Å²) in [6.07, 6.45) is 1.70. The van der Waals surface area contributed by atoms with Gasteiger partial charge in [-0.3, -0.25) is 15.0 Å². The summed E-state index contributed by atoms with van der Waals surface area (Å²) < 4.78 is 11.1. The lowest BCUT2D eigenvalue weighted by atomic mass is 10.2. The molecule has 0 aromatic heterocycles. The van der Waals surface area contributed by atoms with E-state index in [2.05, 4.69) is 5.43 Å². The van der Waals surface area contributed by atoms with Crippen molar-refractivity contribution >= 4 is 46.2 Å². The molecule has 2 aromatic carbocycles. The molecule has 0 atom stereocenters. The van der Waals surface area contributed by atoms with Gasteiger partial charge in [0.15, 0.2) is 15.8 Å². The minimum absolute atomic E-state index is 0.262. The summed E-state index contributed by atoms with van der Waals surface area (Å²) in [6.45, 7) is 2.41. The highest BCUT2D eigenvalue weighted by Crippen LogP contribution is 2.34. The van der Waals surface area contributed by atoms with E-state index in [0.717, 1.165) is 22.3 Å². The molecule has 1 aliphatic heterocycles. The van der Waals surface area contributed by atoms with Crippen LogP contribution < -0.4 is 14.9 Å². The molecule has 1 aliphatic rings. The Labute approximate surface area is 172 Å². The van der Waals surface area contributed by atoms with E-state index in [-0.39, 0.29) is 10.2 Å². The minimum Gasteiger partial charge on any atom is -0.493 e. The van der Waals surface area contributed by atoms with Gasteiger partial charge in [-0.15, -0.1) is 0 Å². The first-order chi connectivity index (χ1) is 13.5. The van der Waals surface area contributed by atoms with E-state index >= 15 is 0 Å². The molecule has 6 nitrogen and oxygen atoms in total. The number of hydrazine groups is 1. The van der Waals surface area contributed by atoms with Crippen molar-refractivity contribution in [1.82, 2.24) is 10.4 Å². The molecule has 2 amide bonds. The number of carbonyl (C=O) groups excluding carboxylic acids is 2. The molecule has 144 valence electrons. The topological polar surface area (TPSA) is 67.9 Å². The monoisotopic (exact) mass is 414 g/mol. The number of hydrogen-bond donors (Lipinski definition) is 1. The largest absolute Gasteiger partial charge is 0.493 e. The summed E-state index contributed by atoms with van der Waals surface area (Å²) >= 11 is 6.37. The Bertz CT molecular complexity index is 944. The van der Waals surface area contributed by atoms with Crippen LogP contribution in [0.5, 0.6) is 11.5 Å². The summed E-state index contributed by atoms with van der Waals surface area (Å²) in [5, 5.41) is 1.09. The number of hydrogen-bond acceptors (Lipinski definition) is 6. The lowest BCUT2D eigenvalue weighted by molar-refractivity contribution is -0.123. The summed E-state index contributed by atoms with van der Waals surface area (Å²) in [4.78, 5) is 25.4. The quantitative estimate of drug-likeness (QED) is 0.575. The van der Waals surface area contributed by atoms with Gasteiger partial charge < -0.3 is 9.47 Å². The zero-order chi connectivity index (χ0) is 20.1. The highest BCUT2D eigenvalue weighted by Gasteiger charge is 2.33. The van der Waals surface area contributed by atoms with E-state index in [1.54, 1.807) is 49.6 Å². The third-order valence-electron chi connectivity index (χ3n) is 3.83. The summed E-state index contributed by atoms with van der Waals surface area (Å²) in [5.74, 6) is 0.418. The standard InChI is InChI=1S/C20H18N2O4S2/c1-3-26-15-10-9-13(11-16(15)25-2)12-17-19(24)22(20(27)28-17)21-18(23)14-7-5-4-6-8-14/h4-12H,3H2,1-2H3,(H,21,23). The van der Waals surface area contributed by atoms with E-state index in [4.69, 9.17) is 21.7 Å². The maximum absolute atomic E-state index is 12.7. The van der Waals surface area contributed by atoms with Gasteiger partial charge in [0.2, 0.25) is 0 Å². The average Bonchev–Trinajstić information content (AvgIpc) is 2.97. The maximum atomic E-state index is 12.7. The second-order valence-electron chi connectivity index (χ2n) is 5.67. The van der Waals surface area contributed by atoms with Crippen molar-refractivity contribution in [2.45, 2.75) is 6.92 Å². The predicted molar refractivity (Wildman–Crippen MR) is 113 cm³/mol. The van der Waals surface area contributed by atoms with Gasteiger partial charge in [-0.05, 0) is 55.0 Å². The van der Waals surface area contributed by atoms with Gasteiger partial charge in [0, 0.05) is 5.56 Å². The molecule has 1 fully saturated rings. The van der Waals surface area contributed by atoms with Crippen molar-refractivity contribution in [1.29, 1.82) is 0 Å². The van der Waals surface area contributed by atoms with Crippen LogP contribution in [0.4, 0.5) is 0 Å². The number of thioether (sulfide) groups is 1. The third kappa shape index (κ3) is 4.35. The normalized spacial score (nSPS) is 15.1. The van der Waals surface area contributed by atoms with Crippen LogP contribution in [0, 0.1) is 0 Å². The second-order valence-corrected chi connectivity index (χ2v) is 7.34. The average molecular weight is 415 g/mol. The van der Waals surface area contributed by atoms with Gasteiger partial charge in [0.1, 0.15) is 0 Å². The Balaban J connectivity index is 1.78. The molecule has 1 N–H and O–H groups in total. The fourth-order valence-electron chi connectivity index (χ4n) is 2.52. The zero-order valence-corrected chi connectivity index (χ0v) is 16.9. The molecule has 0 unspecified atom stereocenters. The fraction of sp³-hybridized carbons (Fsp3) is 0.150. The van der Waals surface area contributed by atoms with Gasteiger partial charge in [0.05, 0.1) is 18.6 Å². The van der Waals surface area contributed by atoms with Crippen molar-refractivity contribution in [2.75, 3.05) is 13.7 Å². The number of carbonyl (C=O) groups is 2. The highest BCUT2D eigenvalue weighted by atomic mass is 32.2. The number of ether oxygens (including phenoxy) is 2. The van der Waals surface area contributed by atoms with Gasteiger partial charge in [-0.25, -0.2) is 0 Å². The number of amides is 2. The van der Waals surface area contributed by atoms with Crippen LogP contribution in [0.15, 0.2) is 53.4 Å². The van der Waals surface area contributed by atoms with Crippen molar-refractivity contribution in [2.24, 2.45) is 0 Å². The molecule has 0 aliphatic carbocycles. The van der Waals surface area contributed by atoms with Crippen LogP contribution in [-0.4, -0.2) is 34.9 Å². The van der Waals surface area contributed by atoms with Gasteiger partial charge in [-0.2, -0.15) is 5.01 Å². The van der Waals surface area contributed by atoms with Crippen LogP contribution in [-0.2, 0) is 4.79 Å². The molecule has 8 heteroatoms. The molecule has 0 bridgehead atoms. The van der Waals surface area contributed by atoms with Crippen LogP contribution in [0.2, 0.25) is 0 Å². The number of thiocarbonyl (C=S) groups is 1. The molecule has 1 saturated heterocycles. The minimum atomic E-state index is -0.402. The Hall–Kier alpha value is -2.84. The van der Waals surface area contributed by atoms with E-state index in [1.807, 2.05) is 19.1 Å². The first kappa shape index (κ1) is 19.9. The Morgan fingerprint density at radius 2 is 1.96 bits per heavy atom. The smallest absolute Gasteiger partial charge is 0.285 e. The van der Waals surface area contributed by atoms with Crippen molar-refractivity contribution in [3.63, 3.8) is 0 Å². The Kier molecular flexibility index (Phi) is 6.33. The molecule has 0 radical (unpaired) electrons. The molecular formula is C20H18N2O4S2. The van der Waals surface area contributed by atoms with Gasteiger partial charge in [0.25, 0.3) is 11.8 Å². The number of nitrogens with one attached hydrogen (secondary N) is 1. The third-order valence-corrected chi connectivity index (χ3v) is 5.13. The maximum Gasteiger partial charge on any atom is 0.285 e. The van der Waals surface area contributed by atoms with Crippen LogP contribution >= 0.6 is 24.0 Å². The van der Waals surface area contributed by atoms with E-state index in [1.165, 1.54) is 0 Å². The predicted octanol–water partition coefficient (Wildman–Crippen LogP) is 3.64. The summed E-state index contributed by atoms with van der Waals surface area (Å²) in [5.41, 5.74) is 3.76. The molecule has 3 rings (SSSR count). The van der Waals surface area contributed by atoms with Crippen LogP contribution in [0.25, 0.3) is 6.08 Å². The Morgan fingerprint density at radius 1 is 1.21 bits per heavy atom. The Morgan fingerprint density at radius 3 is 2.64 bits per heavy atom. The van der Waals surface area contributed by atoms with Crippen molar-refractivity contribution in [3.05, 3.63) is 64.6 Å². The second kappa shape index (κ2) is 8.90. The number of benzene rings is 2. The molecule has 0 spiro atoms. The van der Waals surface area contributed by atoms with Gasteiger partial charge >= 0.3 is 0 Å². The van der Waals surface area contributed by atoms with Crippen LogP contribution in [0.1, 0.15) is 22.8 Å². The van der Waals surface area contributed by atoms with E-state index in [9.17, 15) is 9.59 Å². The summed E-state index contributed by atoms with van der Waals surface area (Å²) in [7, 11) is 1.56.